The number of hydrogen-bond donors (Lipinski definition) is 1. The zero-order chi connectivity index (χ0) is 14.8. The van der Waals surface area contributed by atoms with Crippen molar-refractivity contribution in [3.05, 3.63) is 16.5 Å². The molecule has 3 rings (SSSR count). The molecule has 1 N–H and O–H groups in total. The molecule has 0 atom stereocenters. The lowest BCUT2D eigenvalue weighted by Gasteiger charge is -2.14. The number of nitrogens with zero attached hydrogens (tertiary/aromatic N) is 1. The van der Waals surface area contributed by atoms with Crippen LogP contribution in [0.25, 0.3) is 0 Å². The smallest absolute Gasteiger partial charge is 0.264 e. The van der Waals surface area contributed by atoms with E-state index >= 15 is 0 Å². The van der Waals surface area contributed by atoms with Crippen LogP contribution in [0.4, 0.5) is 5.00 Å². The molecule has 21 heavy (non-hydrogen) atoms. The van der Waals surface area contributed by atoms with Gasteiger partial charge in [-0.2, -0.15) is 0 Å². The van der Waals surface area contributed by atoms with Crippen LogP contribution in [0.3, 0.4) is 0 Å². The van der Waals surface area contributed by atoms with Crippen LogP contribution < -0.4 is 5.32 Å². The van der Waals surface area contributed by atoms with Crippen molar-refractivity contribution in [2.45, 2.75) is 45.4 Å². The van der Waals surface area contributed by atoms with E-state index in [9.17, 15) is 9.59 Å². The fourth-order valence-corrected chi connectivity index (χ4v) is 4.27. The lowest BCUT2D eigenvalue weighted by Crippen LogP contribution is -2.27. The second kappa shape index (κ2) is 6.18. The summed E-state index contributed by atoms with van der Waals surface area (Å²) in [5.41, 5.74) is 0.971. The molecule has 5 heteroatoms. The van der Waals surface area contributed by atoms with Crippen molar-refractivity contribution in [1.29, 1.82) is 0 Å². The van der Waals surface area contributed by atoms with Gasteiger partial charge in [0.15, 0.2) is 0 Å². The Bertz CT molecular complexity index is 540. The summed E-state index contributed by atoms with van der Waals surface area (Å²) in [6, 6.07) is 1.93. The summed E-state index contributed by atoms with van der Waals surface area (Å²) in [4.78, 5) is 27.3. The SMILES string of the molecule is Cc1cc(NC(=O)C2CCCC2)sc1C(=O)N1CCCC1. The molecule has 1 aromatic heterocycles. The number of likely N-dealkylation sites (tertiary alicyclic amines) is 1. The average molecular weight is 306 g/mol. The Kier molecular flexibility index (Phi) is 4.29. The number of anilines is 1. The fourth-order valence-electron chi connectivity index (χ4n) is 3.23. The van der Waals surface area contributed by atoms with Gasteiger partial charge in [-0.25, -0.2) is 0 Å². The van der Waals surface area contributed by atoms with Crippen molar-refractivity contribution in [2.24, 2.45) is 5.92 Å². The number of thiophene rings is 1. The number of rotatable bonds is 3. The van der Waals surface area contributed by atoms with Gasteiger partial charge in [-0.05, 0) is 44.2 Å². The molecule has 2 heterocycles. The Morgan fingerprint density at radius 3 is 2.52 bits per heavy atom. The largest absolute Gasteiger partial charge is 0.338 e. The predicted molar refractivity (Wildman–Crippen MR) is 84.8 cm³/mol. The van der Waals surface area contributed by atoms with Gasteiger partial charge in [-0.15, -0.1) is 11.3 Å². The monoisotopic (exact) mass is 306 g/mol. The third-order valence-corrected chi connectivity index (χ3v) is 5.62. The molecule has 1 saturated heterocycles. The van der Waals surface area contributed by atoms with Crippen molar-refractivity contribution in [3.8, 4) is 0 Å². The number of carbonyl (C=O) groups excluding carboxylic acids is 2. The first-order chi connectivity index (χ1) is 10.1. The molecule has 1 aromatic rings. The van der Waals surface area contributed by atoms with E-state index < -0.39 is 0 Å². The van der Waals surface area contributed by atoms with Crippen LogP contribution in [0.15, 0.2) is 6.07 Å². The van der Waals surface area contributed by atoms with Crippen LogP contribution >= 0.6 is 11.3 Å². The van der Waals surface area contributed by atoms with Crippen molar-refractivity contribution in [1.82, 2.24) is 4.90 Å². The molecule has 0 radical (unpaired) electrons. The topological polar surface area (TPSA) is 49.4 Å². The van der Waals surface area contributed by atoms with E-state index in [1.54, 1.807) is 0 Å². The first kappa shape index (κ1) is 14.6. The van der Waals surface area contributed by atoms with Gasteiger partial charge in [0.25, 0.3) is 5.91 Å². The van der Waals surface area contributed by atoms with Crippen LogP contribution in [0, 0.1) is 12.8 Å². The van der Waals surface area contributed by atoms with Crippen molar-refractivity contribution < 1.29 is 9.59 Å². The van der Waals surface area contributed by atoms with Crippen LogP contribution in [0.1, 0.15) is 53.8 Å². The van der Waals surface area contributed by atoms with Gasteiger partial charge in [-0.3, -0.25) is 9.59 Å². The molecule has 1 aliphatic heterocycles. The number of amides is 2. The Balaban J connectivity index is 1.68. The molecule has 0 unspecified atom stereocenters. The highest BCUT2D eigenvalue weighted by Gasteiger charge is 2.25. The predicted octanol–water partition coefficient (Wildman–Crippen LogP) is 3.42. The summed E-state index contributed by atoms with van der Waals surface area (Å²) in [6.45, 7) is 3.67. The van der Waals surface area contributed by atoms with Gasteiger partial charge in [0, 0.05) is 19.0 Å². The first-order valence-corrected chi connectivity index (χ1v) is 8.67. The second-order valence-corrected chi connectivity index (χ2v) is 7.14. The molecule has 4 nitrogen and oxygen atoms in total. The standard InChI is InChI=1S/C16H22N2O2S/c1-11-10-13(17-15(19)12-6-2-3-7-12)21-14(11)16(20)18-8-4-5-9-18/h10,12H,2-9H2,1H3,(H,17,19). The molecule has 2 fully saturated rings. The van der Waals surface area contributed by atoms with Crippen LogP contribution in [-0.2, 0) is 4.79 Å². The lowest BCUT2D eigenvalue weighted by atomic mass is 10.1. The van der Waals surface area contributed by atoms with E-state index in [1.165, 1.54) is 11.3 Å². The maximum absolute atomic E-state index is 12.4. The summed E-state index contributed by atoms with van der Waals surface area (Å²) < 4.78 is 0. The average Bonchev–Trinajstić information content (AvgIpc) is 3.20. The summed E-state index contributed by atoms with van der Waals surface area (Å²) in [5, 5.41) is 3.81. The third-order valence-electron chi connectivity index (χ3n) is 4.48. The molecular weight excluding hydrogens is 284 g/mol. The maximum Gasteiger partial charge on any atom is 0.264 e. The number of hydrogen-bond acceptors (Lipinski definition) is 3. The van der Waals surface area contributed by atoms with Crippen LogP contribution in [0.2, 0.25) is 0 Å². The number of nitrogens with one attached hydrogen (secondary N) is 1. The van der Waals surface area contributed by atoms with E-state index in [-0.39, 0.29) is 17.7 Å². The Morgan fingerprint density at radius 2 is 1.86 bits per heavy atom. The maximum atomic E-state index is 12.4. The van der Waals surface area contributed by atoms with Crippen LogP contribution in [0.5, 0.6) is 0 Å². The van der Waals surface area contributed by atoms with Gasteiger partial charge in [-0.1, -0.05) is 12.8 Å². The molecule has 2 aliphatic rings. The fraction of sp³-hybridized carbons (Fsp3) is 0.625. The molecule has 0 spiro atoms. The molecular formula is C16H22N2O2S. The molecule has 1 saturated carbocycles. The van der Waals surface area contributed by atoms with E-state index in [1.807, 2.05) is 17.9 Å². The summed E-state index contributed by atoms with van der Waals surface area (Å²) in [6.07, 6.45) is 6.49. The van der Waals surface area contributed by atoms with Gasteiger partial charge in [0.2, 0.25) is 5.91 Å². The van der Waals surface area contributed by atoms with Crippen molar-refractivity contribution in [3.63, 3.8) is 0 Å². The minimum absolute atomic E-state index is 0.119. The molecule has 1 aliphatic carbocycles. The minimum Gasteiger partial charge on any atom is -0.338 e. The molecule has 114 valence electrons. The zero-order valence-corrected chi connectivity index (χ0v) is 13.3. The Labute approximate surface area is 129 Å². The van der Waals surface area contributed by atoms with E-state index in [2.05, 4.69) is 5.32 Å². The number of aryl methyl sites for hydroxylation is 1. The van der Waals surface area contributed by atoms with E-state index in [0.29, 0.717) is 0 Å². The van der Waals surface area contributed by atoms with Gasteiger partial charge < -0.3 is 10.2 Å². The Hall–Kier alpha value is -1.36. The highest BCUT2D eigenvalue weighted by atomic mass is 32.1. The van der Waals surface area contributed by atoms with Crippen LogP contribution in [-0.4, -0.2) is 29.8 Å². The summed E-state index contributed by atoms with van der Waals surface area (Å²) >= 11 is 1.42. The van der Waals surface area contributed by atoms with Gasteiger partial charge in [0.05, 0.1) is 9.88 Å². The molecule has 2 amide bonds. The van der Waals surface area contributed by atoms with Crippen molar-refractivity contribution >= 4 is 28.2 Å². The number of carbonyl (C=O) groups is 2. The highest BCUT2D eigenvalue weighted by molar-refractivity contribution is 7.18. The summed E-state index contributed by atoms with van der Waals surface area (Å²) in [7, 11) is 0. The Morgan fingerprint density at radius 1 is 1.19 bits per heavy atom. The molecule has 0 bridgehead atoms. The van der Waals surface area contributed by atoms with E-state index in [0.717, 1.165) is 67.1 Å². The van der Waals surface area contributed by atoms with Gasteiger partial charge in [0.1, 0.15) is 0 Å². The normalized spacial score (nSPS) is 19.2. The highest BCUT2D eigenvalue weighted by Crippen LogP contribution is 2.31. The van der Waals surface area contributed by atoms with Gasteiger partial charge >= 0.3 is 0 Å². The summed E-state index contributed by atoms with van der Waals surface area (Å²) in [5.74, 6) is 0.399. The zero-order valence-electron chi connectivity index (χ0n) is 12.5. The lowest BCUT2D eigenvalue weighted by molar-refractivity contribution is -0.119. The third kappa shape index (κ3) is 3.12. The first-order valence-electron chi connectivity index (χ1n) is 7.86. The van der Waals surface area contributed by atoms with E-state index in [4.69, 9.17) is 0 Å². The minimum atomic E-state index is 0.119. The molecule has 0 aromatic carbocycles. The van der Waals surface area contributed by atoms with Crippen molar-refractivity contribution in [2.75, 3.05) is 18.4 Å². The quantitative estimate of drug-likeness (QED) is 0.930. The second-order valence-electron chi connectivity index (χ2n) is 6.09.